The first-order chi connectivity index (χ1) is 13.0. The number of hydrogen-bond acceptors (Lipinski definition) is 7. The normalized spacial score (nSPS) is 18.3. The average molecular weight is 380 g/mol. The Balaban J connectivity index is 1.40. The van der Waals surface area contributed by atoms with Gasteiger partial charge in [-0.25, -0.2) is 19.9 Å². The van der Waals surface area contributed by atoms with Crippen molar-refractivity contribution in [3.63, 3.8) is 0 Å². The fourth-order valence-corrected chi connectivity index (χ4v) is 3.45. The van der Waals surface area contributed by atoms with Crippen molar-refractivity contribution >= 4 is 11.6 Å². The lowest BCUT2D eigenvalue weighted by atomic mass is 10.0. The molecule has 0 spiro atoms. The number of alkyl halides is 3. The molecule has 0 aromatic carbocycles. The van der Waals surface area contributed by atoms with Gasteiger partial charge in [-0.3, -0.25) is 0 Å². The minimum absolute atomic E-state index is 0.0474. The Labute approximate surface area is 154 Å². The minimum atomic E-state index is -4.48. The molecule has 0 unspecified atom stereocenters. The second-order valence-corrected chi connectivity index (χ2v) is 6.62. The molecular weight excluding hydrogens is 361 g/mol. The molecule has 10 heteroatoms. The molecule has 0 bridgehead atoms. The second kappa shape index (κ2) is 7.26. The Hall–Kier alpha value is -2.49. The van der Waals surface area contributed by atoms with E-state index in [-0.39, 0.29) is 11.9 Å². The first-order valence-corrected chi connectivity index (χ1v) is 8.82. The number of aromatic nitrogens is 4. The molecule has 0 radical (unpaired) electrons. The molecule has 1 fully saturated rings. The van der Waals surface area contributed by atoms with Crippen LogP contribution >= 0.6 is 0 Å². The summed E-state index contributed by atoms with van der Waals surface area (Å²) >= 11 is 0. The zero-order chi connectivity index (χ0) is 18.9. The molecule has 4 rings (SSSR count). The number of nitrogens with zero attached hydrogens (tertiary/aromatic N) is 5. The summed E-state index contributed by atoms with van der Waals surface area (Å²) in [6.07, 6.45) is 0.377. The van der Waals surface area contributed by atoms with Crippen molar-refractivity contribution in [3.8, 4) is 0 Å². The third-order valence-corrected chi connectivity index (χ3v) is 4.85. The maximum Gasteiger partial charge on any atom is 0.433 e. The zero-order valence-electron chi connectivity index (χ0n) is 14.5. The van der Waals surface area contributed by atoms with Gasteiger partial charge in [-0.15, -0.1) is 0 Å². The number of hydrogen-bond donors (Lipinski definition) is 1. The molecule has 0 saturated carbocycles. The molecule has 2 aromatic rings. The fourth-order valence-electron chi connectivity index (χ4n) is 3.45. The molecule has 2 aromatic heterocycles. The Kier molecular flexibility index (Phi) is 4.81. The monoisotopic (exact) mass is 380 g/mol. The number of piperidine rings is 1. The van der Waals surface area contributed by atoms with Gasteiger partial charge in [0.05, 0.1) is 18.9 Å². The van der Waals surface area contributed by atoms with E-state index in [0.717, 1.165) is 61.8 Å². The van der Waals surface area contributed by atoms with Crippen molar-refractivity contribution in [2.75, 3.05) is 29.9 Å². The van der Waals surface area contributed by atoms with Crippen LogP contribution < -0.4 is 10.2 Å². The topological polar surface area (TPSA) is 76.1 Å². The van der Waals surface area contributed by atoms with Crippen LogP contribution in [0.15, 0.2) is 18.7 Å². The first kappa shape index (κ1) is 17.9. The van der Waals surface area contributed by atoms with Crippen LogP contribution in [-0.4, -0.2) is 45.7 Å². The molecule has 144 valence electrons. The summed E-state index contributed by atoms with van der Waals surface area (Å²) in [5.41, 5.74) is 1.14. The quantitative estimate of drug-likeness (QED) is 0.876. The van der Waals surface area contributed by atoms with Gasteiger partial charge in [0, 0.05) is 37.2 Å². The van der Waals surface area contributed by atoms with Crippen molar-refractivity contribution in [2.45, 2.75) is 38.1 Å². The Morgan fingerprint density at radius 3 is 2.63 bits per heavy atom. The van der Waals surface area contributed by atoms with Crippen LogP contribution in [0.5, 0.6) is 0 Å². The molecular formula is C17H19F3N6O. The number of rotatable bonds is 3. The summed E-state index contributed by atoms with van der Waals surface area (Å²) in [5.74, 6) is 1.10. The second-order valence-electron chi connectivity index (χ2n) is 6.62. The van der Waals surface area contributed by atoms with Gasteiger partial charge in [-0.1, -0.05) is 0 Å². The summed E-state index contributed by atoms with van der Waals surface area (Å²) < 4.78 is 43.9. The van der Waals surface area contributed by atoms with Crippen LogP contribution in [0, 0.1) is 0 Å². The summed E-state index contributed by atoms with van der Waals surface area (Å²) in [6, 6.07) is 0.996. The van der Waals surface area contributed by atoms with Crippen molar-refractivity contribution in [3.05, 3.63) is 35.7 Å². The minimum Gasteiger partial charge on any atom is -0.376 e. The molecule has 1 N–H and O–H groups in total. The van der Waals surface area contributed by atoms with Crippen LogP contribution in [-0.2, 0) is 23.9 Å². The van der Waals surface area contributed by atoms with Gasteiger partial charge in [0.25, 0.3) is 0 Å². The highest BCUT2D eigenvalue weighted by Crippen LogP contribution is 2.30. The van der Waals surface area contributed by atoms with E-state index in [0.29, 0.717) is 13.2 Å². The molecule has 0 atom stereocenters. The van der Waals surface area contributed by atoms with Crippen LogP contribution in [0.3, 0.4) is 0 Å². The summed E-state index contributed by atoms with van der Waals surface area (Å²) in [4.78, 5) is 18.2. The third-order valence-electron chi connectivity index (χ3n) is 4.85. The van der Waals surface area contributed by atoms with Crippen LogP contribution in [0.2, 0.25) is 0 Å². The maximum atomic E-state index is 12.8. The first-order valence-electron chi connectivity index (χ1n) is 8.82. The Morgan fingerprint density at radius 1 is 1.07 bits per heavy atom. The summed E-state index contributed by atoms with van der Waals surface area (Å²) in [7, 11) is 0. The van der Waals surface area contributed by atoms with E-state index in [1.165, 1.54) is 0 Å². The molecule has 2 aliphatic heterocycles. The van der Waals surface area contributed by atoms with Gasteiger partial charge in [0.1, 0.15) is 30.0 Å². The third kappa shape index (κ3) is 3.95. The van der Waals surface area contributed by atoms with Crippen molar-refractivity contribution in [1.82, 2.24) is 19.9 Å². The number of fused-ring (bicyclic) bond motifs is 1. The van der Waals surface area contributed by atoms with Gasteiger partial charge in [-0.2, -0.15) is 13.2 Å². The molecule has 27 heavy (non-hydrogen) atoms. The van der Waals surface area contributed by atoms with Gasteiger partial charge in [0.15, 0.2) is 0 Å². The van der Waals surface area contributed by atoms with E-state index in [1.54, 1.807) is 6.33 Å². The highest BCUT2D eigenvalue weighted by Gasteiger charge is 2.33. The van der Waals surface area contributed by atoms with Gasteiger partial charge < -0.3 is 15.0 Å². The predicted molar refractivity (Wildman–Crippen MR) is 91.3 cm³/mol. The lowest BCUT2D eigenvalue weighted by molar-refractivity contribution is -0.141. The van der Waals surface area contributed by atoms with Gasteiger partial charge in [-0.05, 0) is 12.8 Å². The highest BCUT2D eigenvalue weighted by atomic mass is 19.4. The largest absolute Gasteiger partial charge is 0.433 e. The number of halogens is 3. The lowest BCUT2D eigenvalue weighted by Gasteiger charge is -2.35. The molecule has 1 saturated heterocycles. The van der Waals surface area contributed by atoms with Crippen LogP contribution in [0.1, 0.15) is 29.8 Å². The van der Waals surface area contributed by atoms with E-state index in [1.807, 2.05) is 0 Å². The summed E-state index contributed by atoms with van der Waals surface area (Å²) in [6.45, 7) is 2.69. The lowest BCUT2D eigenvalue weighted by Crippen LogP contribution is -2.40. The Morgan fingerprint density at radius 2 is 1.85 bits per heavy atom. The number of anilines is 2. The smallest absolute Gasteiger partial charge is 0.376 e. The predicted octanol–water partition coefficient (Wildman–Crippen LogP) is 2.44. The van der Waals surface area contributed by atoms with Gasteiger partial charge >= 0.3 is 6.18 Å². The SMILES string of the molecule is FC(F)(F)c1cc(NC2CCN(c3ncnc4c3COCC4)CC2)ncn1. The van der Waals surface area contributed by atoms with Gasteiger partial charge in [0.2, 0.25) is 0 Å². The molecule has 0 amide bonds. The molecule has 7 nitrogen and oxygen atoms in total. The van der Waals surface area contributed by atoms with Crippen molar-refractivity contribution in [2.24, 2.45) is 0 Å². The van der Waals surface area contributed by atoms with Crippen molar-refractivity contribution < 1.29 is 17.9 Å². The zero-order valence-corrected chi connectivity index (χ0v) is 14.5. The van der Waals surface area contributed by atoms with Crippen LogP contribution in [0.4, 0.5) is 24.8 Å². The van der Waals surface area contributed by atoms with E-state index in [2.05, 4.69) is 30.2 Å². The van der Waals surface area contributed by atoms with Crippen molar-refractivity contribution in [1.29, 1.82) is 0 Å². The Bertz CT molecular complexity index is 807. The molecule has 0 aliphatic carbocycles. The van der Waals surface area contributed by atoms with E-state index >= 15 is 0 Å². The van der Waals surface area contributed by atoms with E-state index < -0.39 is 11.9 Å². The number of ether oxygens (including phenoxy) is 1. The standard InChI is InChI=1S/C17H19F3N6O/c18-17(19,20)14-7-15(23-10-22-14)25-11-1-4-26(5-2-11)16-12-8-27-6-3-13(12)21-9-24-16/h7,9-11H,1-6,8H2,(H,22,23,25). The van der Waals surface area contributed by atoms with E-state index in [9.17, 15) is 13.2 Å². The summed E-state index contributed by atoms with van der Waals surface area (Å²) in [5, 5.41) is 3.09. The average Bonchev–Trinajstić information content (AvgIpc) is 2.68. The molecule has 2 aliphatic rings. The highest BCUT2D eigenvalue weighted by molar-refractivity contribution is 5.49. The maximum absolute atomic E-state index is 12.8. The number of nitrogens with one attached hydrogen (secondary N) is 1. The molecule has 4 heterocycles. The fraction of sp³-hybridized carbons (Fsp3) is 0.529. The van der Waals surface area contributed by atoms with Crippen LogP contribution in [0.25, 0.3) is 0 Å². The van der Waals surface area contributed by atoms with E-state index in [4.69, 9.17) is 4.74 Å².